The zero-order valence-corrected chi connectivity index (χ0v) is 9.59. The molecule has 0 spiro atoms. The molecule has 0 rings (SSSR count). The Hall–Kier alpha value is -0.160. The van der Waals surface area contributed by atoms with Gasteiger partial charge in [-0.2, -0.15) is 0 Å². The average molecular weight is 203 g/mol. The summed E-state index contributed by atoms with van der Waals surface area (Å²) >= 11 is 0. The molecule has 2 unspecified atom stereocenters. The van der Waals surface area contributed by atoms with Gasteiger partial charge in [-0.15, -0.1) is 0 Å². The molecule has 86 valence electrons. The summed E-state index contributed by atoms with van der Waals surface area (Å²) in [5.41, 5.74) is 5.36. The van der Waals surface area contributed by atoms with Crippen molar-refractivity contribution < 1.29 is 5.11 Å². The topological polar surface area (TPSA) is 70.3 Å². The van der Waals surface area contributed by atoms with E-state index < -0.39 is 6.23 Å². The number of hydrogen-bond donors (Lipinski definition) is 4. The molecule has 5 N–H and O–H groups in total. The van der Waals surface area contributed by atoms with Crippen LogP contribution in [0.1, 0.15) is 27.2 Å². The Morgan fingerprint density at radius 2 is 1.86 bits per heavy atom. The van der Waals surface area contributed by atoms with Gasteiger partial charge in [-0.05, 0) is 18.9 Å². The first-order valence-electron chi connectivity index (χ1n) is 5.48. The second-order valence-corrected chi connectivity index (χ2v) is 3.91. The molecular weight excluding hydrogens is 178 g/mol. The molecule has 0 aliphatic rings. The average Bonchev–Trinajstić information content (AvgIpc) is 2.14. The van der Waals surface area contributed by atoms with Gasteiger partial charge < -0.3 is 16.2 Å². The lowest BCUT2D eigenvalue weighted by Crippen LogP contribution is -2.52. The first-order valence-corrected chi connectivity index (χ1v) is 5.48. The molecule has 0 aromatic heterocycles. The Balaban J connectivity index is 3.91. The van der Waals surface area contributed by atoms with Crippen molar-refractivity contribution in [3.63, 3.8) is 0 Å². The normalized spacial score (nSPS) is 15.9. The van der Waals surface area contributed by atoms with Gasteiger partial charge in [0, 0.05) is 19.1 Å². The smallest absolute Gasteiger partial charge is 0.120 e. The number of nitrogens with one attached hydrogen (secondary N) is 2. The van der Waals surface area contributed by atoms with Gasteiger partial charge in [0.05, 0.1) is 0 Å². The lowest BCUT2D eigenvalue weighted by molar-refractivity contribution is 0.0753. The van der Waals surface area contributed by atoms with Crippen molar-refractivity contribution in [2.45, 2.75) is 39.5 Å². The Labute approximate surface area is 87.3 Å². The standard InChI is InChI=1S/C10H25N3O/c1-4-6-12-9(8(2)3)10(14)13-7-5-11/h8-10,12-14H,4-7,11H2,1-3H3. The summed E-state index contributed by atoms with van der Waals surface area (Å²) in [6, 6.07) is 0.0986. The Kier molecular flexibility index (Phi) is 8.08. The third-order valence-corrected chi connectivity index (χ3v) is 2.19. The molecule has 0 aromatic carbocycles. The van der Waals surface area contributed by atoms with E-state index >= 15 is 0 Å². The van der Waals surface area contributed by atoms with Crippen molar-refractivity contribution >= 4 is 0 Å². The molecule has 4 heteroatoms. The van der Waals surface area contributed by atoms with E-state index in [-0.39, 0.29) is 6.04 Å². The van der Waals surface area contributed by atoms with Gasteiger partial charge in [-0.3, -0.25) is 5.32 Å². The zero-order chi connectivity index (χ0) is 11.0. The van der Waals surface area contributed by atoms with Crippen LogP contribution in [0.2, 0.25) is 0 Å². The molecule has 0 amide bonds. The van der Waals surface area contributed by atoms with Crippen molar-refractivity contribution in [1.29, 1.82) is 0 Å². The lowest BCUT2D eigenvalue weighted by atomic mass is 10.0. The Bertz CT molecular complexity index is 131. The highest BCUT2D eigenvalue weighted by molar-refractivity contribution is 4.77. The number of rotatable bonds is 8. The second kappa shape index (κ2) is 8.17. The largest absolute Gasteiger partial charge is 0.377 e. The van der Waals surface area contributed by atoms with E-state index in [1.54, 1.807) is 0 Å². The van der Waals surface area contributed by atoms with E-state index in [4.69, 9.17) is 5.73 Å². The maximum Gasteiger partial charge on any atom is 0.120 e. The van der Waals surface area contributed by atoms with Gasteiger partial charge >= 0.3 is 0 Å². The molecule has 0 fully saturated rings. The summed E-state index contributed by atoms with van der Waals surface area (Å²) in [4.78, 5) is 0. The summed E-state index contributed by atoms with van der Waals surface area (Å²) in [6.45, 7) is 8.45. The lowest BCUT2D eigenvalue weighted by Gasteiger charge is -2.28. The molecule has 0 radical (unpaired) electrons. The molecule has 0 bridgehead atoms. The van der Waals surface area contributed by atoms with Crippen LogP contribution in [0.15, 0.2) is 0 Å². The van der Waals surface area contributed by atoms with E-state index in [1.165, 1.54) is 0 Å². The molecular formula is C10H25N3O. The van der Waals surface area contributed by atoms with Crippen LogP contribution in [-0.4, -0.2) is 37.0 Å². The molecule has 0 aliphatic carbocycles. The number of aliphatic hydroxyl groups excluding tert-OH is 1. The van der Waals surface area contributed by atoms with Crippen molar-refractivity contribution in [2.75, 3.05) is 19.6 Å². The van der Waals surface area contributed by atoms with Crippen LogP contribution >= 0.6 is 0 Å². The van der Waals surface area contributed by atoms with E-state index in [2.05, 4.69) is 31.4 Å². The van der Waals surface area contributed by atoms with Crippen LogP contribution < -0.4 is 16.4 Å². The minimum absolute atomic E-state index is 0.0986. The quantitative estimate of drug-likeness (QED) is 0.415. The molecule has 0 aliphatic heterocycles. The van der Waals surface area contributed by atoms with E-state index in [0.717, 1.165) is 13.0 Å². The highest BCUT2D eigenvalue weighted by atomic mass is 16.3. The van der Waals surface area contributed by atoms with Crippen molar-refractivity contribution in [3.8, 4) is 0 Å². The highest BCUT2D eigenvalue weighted by Gasteiger charge is 2.20. The zero-order valence-electron chi connectivity index (χ0n) is 9.59. The summed E-state index contributed by atoms with van der Waals surface area (Å²) in [5.74, 6) is 0.404. The minimum atomic E-state index is -0.509. The Morgan fingerprint density at radius 1 is 1.21 bits per heavy atom. The number of nitrogens with two attached hydrogens (primary N) is 1. The third-order valence-electron chi connectivity index (χ3n) is 2.19. The van der Waals surface area contributed by atoms with Crippen LogP contribution in [0.5, 0.6) is 0 Å². The molecule has 0 aromatic rings. The monoisotopic (exact) mass is 203 g/mol. The first-order chi connectivity index (χ1) is 6.63. The van der Waals surface area contributed by atoms with Crippen LogP contribution in [0.3, 0.4) is 0 Å². The van der Waals surface area contributed by atoms with Gasteiger partial charge in [0.1, 0.15) is 6.23 Å². The fraction of sp³-hybridized carbons (Fsp3) is 1.00. The van der Waals surface area contributed by atoms with Crippen molar-refractivity contribution in [2.24, 2.45) is 11.7 Å². The highest BCUT2D eigenvalue weighted by Crippen LogP contribution is 2.04. The minimum Gasteiger partial charge on any atom is -0.377 e. The van der Waals surface area contributed by atoms with E-state index in [9.17, 15) is 5.11 Å². The first kappa shape index (κ1) is 13.8. The third kappa shape index (κ3) is 5.54. The van der Waals surface area contributed by atoms with Crippen LogP contribution in [-0.2, 0) is 0 Å². The van der Waals surface area contributed by atoms with E-state index in [1.807, 2.05) is 0 Å². The van der Waals surface area contributed by atoms with Gasteiger partial charge in [-0.1, -0.05) is 20.8 Å². The van der Waals surface area contributed by atoms with Crippen molar-refractivity contribution in [1.82, 2.24) is 10.6 Å². The molecule has 2 atom stereocenters. The maximum atomic E-state index is 9.81. The van der Waals surface area contributed by atoms with Crippen LogP contribution in [0.25, 0.3) is 0 Å². The summed E-state index contributed by atoms with van der Waals surface area (Å²) in [6.07, 6.45) is 0.567. The number of aliphatic hydroxyl groups is 1. The van der Waals surface area contributed by atoms with Gasteiger partial charge in [0.25, 0.3) is 0 Å². The Morgan fingerprint density at radius 3 is 2.29 bits per heavy atom. The number of hydrogen-bond acceptors (Lipinski definition) is 4. The predicted octanol–water partition coefficient (Wildman–Crippen LogP) is -0.123. The molecule has 0 saturated heterocycles. The van der Waals surface area contributed by atoms with Gasteiger partial charge in [0.15, 0.2) is 0 Å². The molecule has 14 heavy (non-hydrogen) atoms. The SMILES string of the molecule is CCCNC(C(C)C)C(O)NCCN. The maximum absolute atomic E-state index is 9.81. The van der Waals surface area contributed by atoms with Gasteiger partial charge in [0.2, 0.25) is 0 Å². The second-order valence-electron chi connectivity index (χ2n) is 3.91. The fourth-order valence-electron chi connectivity index (χ4n) is 1.38. The van der Waals surface area contributed by atoms with Gasteiger partial charge in [-0.25, -0.2) is 0 Å². The summed E-state index contributed by atoms with van der Waals surface area (Å²) in [7, 11) is 0. The van der Waals surface area contributed by atoms with Crippen molar-refractivity contribution in [3.05, 3.63) is 0 Å². The summed E-state index contributed by atoms with van der Waals surface area (Å²) < 4.78 is 0. The molecule has 0 saturated carbocycles. The summed E-state index contributed by atoms with van der Waals surface area (Å²) in [5, 5.41) is 16.1. The van der Waals surface area contributed by atoms with Crippen LogP contribution in [0.4, 0.5) is 0 Å². The van der Waals surface area contributed by atoms with Crippen LogP contribution in [0, 0.1) is 5.92 Å². The molecule has 4 nitrogen and oxygen atoms in total. The van der Waals surface area contributed by atoms with E-state index in [0.29, 0.717) is 19.0 Å². The molecule has 0 heterocycles. The fourth-order valence-corrected chi connectivity index (χ4v) is 1.38. The predicted molar refractivity (Wildman–Crippen MR) is 60.0 cm³/mol.